The fourth-order valence-corrected chi connectivity index (χ4v) is 1.95. The smallest absolute Gasteiger partial charge is 0.257 e. The van der Waals surface area contributed by atoms with Crippen LogP contribution in [-0.4, -0.2) is 5.27 Å². The van der Waals surface area contributed by atoms with Crippen LogP contribution in [0.4, 0.5) is 0 Å². The molecule has 0 amide bonds. The zero-order chi connectivity index (χ0) is 10.3. The van der Waals surface area contributed by atoms with Gasteiger partial charge in [-0.2, -0.15) is 0 Å². The maximum absolute atomic E-state index is 11.0. The van der Waals surface area contributed by atoms with Crippen molar-refractivity contribution in [2.45, 2.75) is 19.4 Å². The van der Waals surface area contributed by atoms with Crippen LogP contribution in [0.15, 0.2) is 28.8 Å². The molecule has 3 rings (SSSR count). The molecule has 0 saturated heterocycles. The number of hydrogen-bond acceptors (Lipinski definition) is 3. The predicted octanol–water partition coefficient (Wildman–Crippen LogP) is 0.649. The van der Waals surface area contributed by atoms with Crippen LogP contribution in [0.5, 0.6) is 5.75 Å². The molecule has 76 valence electrons. The number of aromatic nitrogens is 2. The first-order valence-corrected chi connectivity index (χ1v) is 5.01. The Morgan fingerprint density at radius 3 is 2.87 bits per heavy atom. The minimum absolute atomic E-state index is 0.0163. The zero-order valence-electron chi connectivity index (χ0n) is 8.14. The van der Waals surface area contributed by atoms with E-state index in [1.54, 1.807) is 24.3 Å². The van der Waals surface area contributed by atoms with Crippen LogP contribution in [0.3, 0.4) is 0 Å². The van der Waals surface area contributed by atoms with Crippen LogP contribution in [-0.2, 0) is 13.0 Å². The second kappa shape index (κ2) is 3.08. The highest BCUT2D eigenvalue weighted by Crippen LogP contribution is 2.25. The lowest BCUT2D eigenvalue weighted by Gasteiger charge is -2.03. The average molecular weight is 202 g/mol. The summed E-state index contributed by atoms with van der Waals surface area (Å²) in [5.74, 6) is 0.815. The molecule has 2 aromatic rings. The molecule has 2 heterocycles. The zero-order valence-corrected chi connectivity index (χ0v) is 8.14. The van der Waals surface area contributed by atoms with E-state index in [9.17, 15) is 5.11 Å². The lowest BCUT2D eigenvalue weighted by atomic mass is 10.1. The standard InChI is InChI=1S/C11H10N2O2/c14-9-5-3-8(4-6-9)11-10-2-1-7-13(10)12-15-11/h3-6H,1-2,7H2. The molecule has 0 unspecified atom stereocenters. The van der Waals surface area contributed by atoms with Crippen molar-refractivity contribution in [3.8, 4) is 17.1 Å². The van der Waals surface area contributed by atoms with E-state index < -0.39 is 0 Å². The third-order valence-electron chi connectivity index (χ3n) is 2.70. The van der Waals surface area contributed by atoms with E-state index in [2.05, 4.69) is 5.27 Å². The Kier molecular flexibility index (Phi) is 1.74. The SMILES string of the molecule is [O-]c1ccc(-c2on[n+]3c2CCC3)cc1. The molecule has 15 heavy (non-hydrogen) atoms. The molecule has 4 nitrogen and oxygen atoms in total. The van der Waals surface area contributed by atoms with Gasteiger partial charge in [-0.05, 0) is 4.68 Å². The Balaban J connectivity index is 2.09. The van der Waals surface area contributed by atoms with Gasteiger partial charge in [0.1, 0.15) is 0 Å². The van der Waals surface area contributed by atoms with Gasteiger partial charge in [-0.25, -0.2) is 0 Å². The van der Waals surface area contributed by atoms with Gasteiger partial charge in [-0.3, -0.25) is 0 Å². The molecule has 0 aliphatic carbocycles. The summed E-state index contributed by atoms with van der Waals surface area (Å²) in [6, 6.07) is 6.65. The van der Waals surface area contributed by atoms with Crippen LogP contribution in [0.1, 0.15) is 12.1 Å². The molecular formula is C11H10N2O2. The van der Waals surface area contributed by atoms with Crippen molar-refractivity contribution >= 4 is 0 Å². The first kappa shape index (κ1) is 8.47. The summed E-state index contributed by atoms with van der Waals surface area (Å²) in [6.45, 7) is 0.929. The molecule has 0 fully saturated rings. The summed E-state index contributed by atoms with van der Waals surface area (Å²) < 4.78 is 7.16. The molecule has 1 aromatic heterocycles. The van der Waals surface area contributed by atoms with Crippen LogP contribution in [0.2, 0.25) is 0 Å². The van der Waals surface area contributed by atoms with E-state index in [1.165, 1.54) is 0 Å². The molecule has 0 bridgehead atoms. The lowest BCUT2D eigenvalue weighted by Crippen LogP contribution is -2.33. The lowest BCUT2D eigenvalue weighted by molar-refractivity contribution is -0.756. The topological polar surface area (TPSA) is 53.0 Å². The molecule has 0 atom stereocenters. The highest BCUT2D eigenvalue weighted by Gasteiger charge is 2.30. The minimum Gasteiger partial charge on any atom is -0.872 e. The van der Waals surface area contributed by atoms with Crippen molar-refractivity contribution in [3.63, 3.8) is 0 Å². The molecular weight excluding hydrogens is 192 g/mol. The van der Waals surface area contributed by atoms with Gasteiger partial charge in [0.2, 0.25) is 5.76 Å². The molecule has 1 aliphatic heterocycles. The van der Waals surface area contributed by atoms with Crippen molar-refractivity contribution < 1.29 is 14.3 Å². The van der Waals surface area contributed by atoms with Gasteiger partial charge < -0.3 is 9.63 Å². The molecule has 0 radical (unpaired) electrons. The van der Waals surface area contributed by atoms with Crippen molar-refractivity contribution in [2.75, 3.05) is 0 Å². The monoisotopic (exact) mass is 202 g/mol. The van der Waals surface area contributed by atoms with Crippen LogP contribution < -0.4 is 9.79 Å². The minimum atomic E-state index is 0.0163. The van der Waals surface area contributed by atoms with Gasteiger partial charge in [-0.15, -0.1) is 5.75 Å². The third-order valence-corrected chi connectivity index (χ3v) is 2.70. The number of aryl methyl sites for hydroxylation is 1. The summed E-state index contributed by atoms with van der Waals surface area (Å²) >= 11 is 0. The van der Waals surface area contributed by atoms with Crippen molar-refractivity contribution in [1.82, 2.24) is 5.27 Å². The quantitative estimate of drug-likeness (QED) is 0.638. The summed E-state index contributed by atoms with van der Waals surface area (Å²) in [5.41, 5.74) is 2.06. The summed E-state index contributed by atoms with van der Waals surface area (Å²) in [4.78, 5) is 0. The molecule has 1 aromatic carbocycles. The van der Waals surface area contributed by atoms with E-state index in [-0.39, 0.29) is 5.75 Å². The molecule has 0 saturated carbocycles. The number of rotatable bonds is 1. The number of nitrogens with zero attached hydrogens (tertiary/aromatic N) is 2. The van der Waals surface area contributed by atoms with E-state index in [0.29, 0.717) is 0 Å². The maximum Gasteiger partial charge on any atom is 0.257 e. The van der Waals surface area contributed by atoms with Crippen molar-refractivity contribution in [2.24, 2.45) is 0 Å². The Labute approximate surface area is 86.7 Å². The fraction of sp³-hybridized carbons (Fsp3) is 0.273. The molecule has 4 heteroatoms. The third kappa shape index (κ3) is 1.29. The second-order valence-electron chi connectivity index (χ2n) is 3.70. The maximum atomic E-state index is 11.0. The molecule has 0 N–H and O–H groups in total. The number of fused-ring (bicyclic) bond motifs is 1. The van der Waals surface area contributed by atoms with E-state index in [0.717, 1.165) is 36.4 Å². The van der Waals surface area contributed by atoms with E-state index in [4.69, 9.17) is 4.52 Å². The highest BCUT2D eigenvalue weighted by molar-refractivity contribution is 5.59. The van der Waals surface area contributed by atoms with Gasteiger partial charge in [0.25, 0.3) is 5.69 Å². The normalized spacial score (nSPS) is 14.1. The fourth-order valence-electron chi connectivity index (χ4n) is 1.95. The summed E-state index contributed by atoms with van der Waals surface area (Å²) in [6.07, 6.45) is 2.11. The Hall–Kier alpha value is -1.84. The first-order chi connectivity index (χ1) is 7.34. The van der Waals surface area contributed by atoms with Gasteiger partial charge in [0, 0.05) is 18.4 Å². The Bertz CT molecular complexity index is 488. The first-order valence-electron chi connectivity index (χ1n) is 5.01. The van der Waals surface area contributed by atoms with Crippen molar-refractivity contribution in [3.05, 3.63) is 30.0 Å². The van der Waals surface area contributed by atoms with Crippen molar-refractivity contribution in [1.29, 1.82) is 0 Å². The Morgan fingerprint density at radius 2 is 2.07 bits per heavy atom. The van der Waals surface area contributed by atoms with Gasteiger partial charge in [0.15, 0.2) is 11.8 Å². The van der Waals surface area contributed by atoms with Gasteiger partial charge in [-0.1, -0.05) is 24.3 Å². The number of hydrogen-bond donors (Lipinski definition) is 0. The van der Waals surface area contributed by atoms with Crippen LogP contribution in [0, 0.1) is 0 Å². The van der Waals surface area contributed by atoms with E-state index >= 15 is 0 Å². The average Bonchev–Trinajstić information content (AvgIpc) is 2.80. The summed E-state index contributed by atoms with van der Waals surface area (Å²) in [5, 5.41) is 14.9. The highest BCUT2D eigenvalue weighted by atomic mass is 16.5. The van der Waals surface area contributed by atoms with Gasteiger partial charge >= 0.3 is 0 Å². The van der Waals surface area contributed by atoms with Crippen LogP contribution in [0.25, 0.3) is 11.3 Å². The predicted molar refractivity (Wildman–Crippen MR) is 49.9 cm³/mol. The van der Waals surface area contributed by atoms with Gasteiger partial charge in [0.05, 0.1) is 0 Å². The summed E-state index contributed by atoms with van der Waals surface area (Å²) in [7, 11) is 0. The van der Waals surface area contributed by atoms with E-state index in [1.807, 2.05) is 4.68 Å². The molecule has 1 aliphatic rings. The second-order valence-corrected chi connectivity index (χ2v) is 3.70. The van der Waals surface area contributed by atoms with Crippen LogP contribution >= 0.6 is 0 Å². The number of benzene rings is 1. The Morgan fingerprint density at radius 1 is 1.27 bits per heavy atom. The largest absolute Gasteiger partial charge is 0.872 e. The molecule has 0 spiro atoms.